The Labute approximate surface area is 122 Å². The molecule has 2 N–H and O–H groups in total. The smallest absolute Gasteiger partial charge is 0.157 e. The van der Waals surface area contributed by atoms with Crippen molar-refractivity contribution < 1.29 is 8.42 Å². The van der Waals surface area contributed by atoms with Crippen LogP contribution in [0.15, 0.2) is 0 Å². The third kappa shape index (κ3) is 3.82. The molecule has 0 aliphatic carbocycles. The minimum absolute atomic E-state index is 0.0726. The zero-order chi connectivity index (χ0) is 15.7. The highest BCUT2D eigenvalue weighted by atomic mass is 32.2. The molecule has 1 aromatic rings. The van der Waals surface area contributed by atoms with Gasteiger partial charge in [0.25, 0.3) is 0 Å². The van der Waals surface area contributed by atoms with Crippen molar-refractivity contribution >= 4 is 9.84 Å². The van der Waals surface area contributed by atoms with Gasteiger partial charge in [0.15, 0.2) is 9.84 Å². The number of sulfone groups is 1. The first-order chi connectivity index (χ1) is 8.95. The third-order valence-electron chi connectivity index (χ3n) is 3.56. The Morgan fingerprint density at radius 2 is 1.85 bits per heavy atom. The van der Waals surface area contributed by atoms with Gasteiger partial charge in [0.05, 0.1) is 22.7 Å². The van der Waals surface area contributed by atoms with Crippen LogP contribution in [0.5, 0.6) is 0 Å². The van der Waals surface area contributed by atoms with Gasteiger partial charge in [0, 0.05) is 11.7 Å². The molecule has 0 aliphatic rings. The Kier molecular flexibility index (Phi) is 5.03. The van der Waals surface area contributed by atoms with Crippen LogP contribution in [0.25, 0.3) is 0 Å². The molecule has 0 aromatic carbocycles. The first kappa shape index (κ1) is 17.2. The van der Waals surface area contributed by atoms with Crippen molar-refractivity contribution in [3.8, 4) is 0 Å². The maximum atomic E-state index is 12.1. The van der Waals surface area contributed by atoms with E-state index in [1.54, 1.807) is 25.5 Å². The lowest BCUT2D eigenvalue weighted by molar-refractivity contribution is 0.545. The van der Waals surface area contributed by atoms with Crippen LogP contribution in [0.3, 0.4) is 0 Å². The van der Waals surface area contributed by atoms with Gasteiger partial charge in [-0.15, -0.1) is 0 Å². The fraction of sp³-hybridized carbons (Fsp3) is 0.786. The Hall–Kier alpha value is -0.880. The molecule has 1 heterocycles. The molecule has 0 amide bonds. The standard InChI is InChI=1S/C14H27N3O2S/c1-10(15)9-13-11(2)16-17(12(13)3)7-8-20(18,19)14(4,5)6/h10H,7-9,15H2,1-6H3. The van der Waals surface area contributed by atoms with Gasteiger partial charge >= 0.3 is 0 Å². The molecule has 0 fully saturated rings. The van der Waals surface area contributed by atoms with Gasteiger partial charge in [-0.2, -0.15) is 5.10 Å². The summed E-state index contributed by atoms with van der Waals surface area (Å²) in [6.07, 6.45) is 0.768. The number of nitrogens with zero attached hydrogens (tertiary/aromatic N) is 2. The van der Waals surface area contributed by atoms with Gasteiger partial charge in [-0.3, -0.25) is 4.68 Å². The van der Waals surface area contributed by atoms with Crippen molar-refractivity contribution in [1.29, 1.82) is 0 Å². The second kappa shape index (κ2) is 5.85. The number of aryl methyl sites for hydroxylation is 2. The average molecular weight is 301 g/mol. The van der Waals surface area contributed by atoms with Crippen molar-refractivity contribution in [1.82, 2.24) is 9.78 Å². The van der Waals surface area contributed by atoms with Crippen LogP contribution in [-0.4, -0.2) is 34.7 Å². The molecule has 0 saturated heterocycles. The van der Waals surface area contributed by atoms with E-state index in [1.807, 2.05) is 20.8 Å². The zero-order valence-corrected chi connectivity index (χ0v) is 14.2. The minimum atomic E-state index is -3.12. The molecule has 1 aromatic heterocycles. The van der Waals surface area contributed by atoms with Gasteiger partial charge < -0.3 is 5.73 Å². The lowest BCUT2D eigenvalue weighted by Crippen LogP contribution is -2.32. The van der Waals surface area contributed by atoms with Gasteiger partial charge in [-0.25, -0.2) is 8.42 Å². The molecular formula is C14H27N3O2S. The lowest BCUT2D eigenvalue weighted by atomic mass is 10.1. The summed E-state index contributed by atoms with van der Waals surface area (Å²) in [5, 5.41) is 4.45. The van der Waals surface area contributed by atoms with Crippen molar-refractivity contribution in [2.45, 2.75) is 65.3 Å². The van der Waals surface area contributed by atoms with E-state index in [1.165, 1.54) is 0 Å². The van der Waals surface area contributed by atoms with Crippen LogP contribution in [0.4, 0.5) is 0 Å². The van der Waals surface area contributed by atoms with Gasteiger partial charge in [-0.05, 0) is 53.5 Å². The number of nitrogens with two attached hydrogens (primary N) is 1. The molecule has 20 heavy (non-hydrogen) atoms. The van der Waals surface area contributed by atoms with Crippen molar-refractivity contribution in [3.05, 3.63) is 17.0 Å². The maximum Gasteiger partial charge on any atom is 0.157 e. The minimum Gasteiger partial charge on any atom is -0.328 e. The lowest BCUT2D eigenvalue weighted by Gasteiger charge is -2.19. The topological polar surface area (TPSA) is 78.0 Å². The summed E-state index contributed by atoms with van der Waals surface area (Å²) in [4.78, 5) is 0. The van der Waals surface area contributed by atoms with Crippen molar-refractivity contribution in [2.75, 3.05) is 5.75 Å². The molecule has 1 unspecified atom stereocenters. The number of aromatic nitrogens is 2. The Bertz CT molecular complexity index is 566. The molecule has 0 bridgehead atoms. The fourth-order valence-electron chi connectivity index (χ4n) is 2.08. The van der Waals surface area contributed by atoms with E-state index >= 15 is 0 Å². The summed E-state index contributed by atoms with van der Waals surface area (Å²) in [5.74, 6) is 0.107. The predicted molar refractivity (Wildman–Crippen MR) is 82.6 cm³/mol. The van der Waals surface area contributed by atoms with Crippen LogP contribution in [0.2, 0.25) is 0 Å². The SMILES string of the molecule is Cc1nn(CCS(=O)(=O)C(C)(C)C)c(C)c1CC(C)N. The molecule has 5 nitrogen and oxygen atoms in total. The summed E-state index contributed by atoms with van der Waals surface area (Å²) < 4.78 is 25.4. The first-order valence-electron chi connectivity index (χ1n) is 6.96. The Balaban J connectivity index is 2.91. The largest absolute Gasteiger partial charge is 0.328 e. The molecule has 0 radical (unpaired) electrons. The number of hydrogen-bond donors (Lipinski definition) is 1. The van der Waals surface area contributed by atoms with E-state index in [9.17, 15) is 8.42 Å². The first-order valence-corrected chi connectivity index (χ1v) is 8.61. The highest BCUT2D eigenvalue weighted by Gasteiger charge is 2.28. The molecule has 1 atom stereocenters. The Morgan fingerprint density at radius 1 is 1.30 bits per heavy atom. The molecule has 116 valence electrons. The van der Waals surface area contributed by atoms with E-state index in [0.717, 1.165) is 23.4 Å². The van der Waals surface area contributed by atoms with Crippen LogP contribution >= 0.6 is 0 Å². The zero-order valence-electron chi connectivity index (χ0n) is 13.4. The van der Waals surface area contributed by atoms with Crippen LogP contribution in [0, 0.1) is 13.8 Å². The maximum absolute atomic E-state index is 12.1. The molecule has 6 heteroatoms. The second-order valence-electron chi connectivity index (χ2n) is 6.49. The number of rotatable bonds is 5. The second-order valence-corrected chi connectivity index (χ2v) is 9.35. The third-order valence-corrected chi connectivity index (χ3v) is 6.15. The van der Waals surface area contributed by atoms with Gasteiger partial charge in [0.2, 0.25) is 0 Å². The Morgan fingerprint density at radius 3 is 2.30 bits per heavy atom. The van der Waals surface area contributed by atoms with Crippen molar-refractivity contribution in [2.24, 2.45) is 5.73 Å². The van der Waals surface area contributed by atoms with Crippen LogP contribution in [0.1, 0.15) is 44.6 Å². The van der Waals surface area contributed by atoms with Gasteiger partial charge in [0.1, 0.15) is 0 Å². The van der Waals surface area contributed by atoms with E-state index in [2.05, 4.69) is 5.10 Å². The summed E-state index contributed by atoms with van der Waals surface area (Å²) in [5.41, 5.74) is 8.93. The fourth-order valence-corrected chi connectivity index (χ4v) is 3.11. The molecule has 1 rings (SSSR count). The molecule has 0 spiro atoms. The van der Waals surface area contributed by atoms with Crippen LogP contribution < -0.4 is 5.73 Å². The van der Waals surface area contributed by atoms with E-state index in [-0.39, 0.29) is 11.8 Å². The highest BCUT2D eigenvalue weighted by Crippen LogP contribution is 2.18. The highest BCUT2D eigenvalue weighted by molar-refractivity contribution is 7.92. The quantitative estimate of drug-likeness (QED) is 0.896. The van der Waals surface area contributed by atoms with Gasteiger partial charge in [-0.1, -0.05) is 0 Å². The predicted octanol–water partition coefficient (Wildman–Crippen LogP) is 1.60. The summed E-state index contributed by atoms with van der Waals surface area (Å²) in [7, 11) is -3.12. The van der Waals surface area contributed by atoms with E-state index in [4.69, 9.17) is 5.73 Å². The molecule has 0 aliphatic heterocycles. The van der Waals surface area contributed by atoms with Crippen molar-refractivity contribution in [3.63, 3.8) is 0 Å². The summed E-state index contributed by atoms with van der Waals surface area (Å²) in [6.45, 7) is 11.5. The average Bonchev–Trinajstić information content (AvgIpc) is 2.52. The van der Waals surface area contributed by atoms with Crippen LogP contribution in [-0.2, 0) is 22.8 Å². The molecule has 0 saturated carbocycles. The summed E-state index contributed by atoms with van der Waals surface area (Å²) in [6, 6.07) is 0.0726. The van der Waals surface area contributed by atoms with E-state index < -0.39 is 14.6 Å². The van der Waals surface area contributed by atoms with E-state index in [0.29, 0.717) is 6.54 Å². The monoisotopic (exact) mass is 301 g/mol. The summed E-state index contributed by atoms with van der Waals surface area (Å²) >= 11 is 0. The number of hydrogen-bond acceptors (Lipinski definition) is 4. The normalized spacial score (nSPS) is 14.6. The molecular weight excluding hydrogens is 274 g/mol.